The van der Waals surface area contributed by atoms with E-state index >= 15 is 0 Å². The van der Waals surface area contributed by atoms with E-state index in [0.717, 1.165) is 31.1 Å². The van der Waals surface area contributed by atoms with E-state index in [2.05, 4.69) is 10.6 Å². The molecule has 3 N–H and O–H groups in total. The largest absolute Gasteiger partial charge is 0.454 e. The molecule has 0 amide bonds. The molecular formula is C13H20N2O3. The smallest absolute Gasteiger partial charge is 0.231 e. The van der Waals surface area contributed by atoms with Crippen molar-refractivity contribution in [3.05, 3.63) is 23.8 Å². The van der Waals surface area contributed by atoms with E-state index < -0.39 is 0 Å². The van der Waals surface area contributed by atoms with Crippen LogP contribution in [0.4, 0.5) is 0 Å². The Hall–Kier alpha value is -1.30. The van der Waals surface area contributed by atoms with Crippen molar-refractivity contribution in [2.24, 2.45) is 0 Å². The molecule has 100 valence electrons. The third-order valence-electron chi connectivity index (χ3n) is 2.68. The van der Waals surface area contributed by atoms with E-state index in [0.29, 0.717) is 13.3 Å². The summed E-state index contributed by atoms with van der Waals surface area (Å²) in [6.45, 7) is 5.22. The van der Waals surface area contributed by atoms with Crippen LogP contribution in [-0.2, 0) is 6.54 Å². The van der Waals surface area contributed by atoms with E-state index in [-0.39, 0.29) is 6.10 Å². The number of aliphatic hydroxyl groups excluding tert-OH is 1. The van der Waals surface area contributed by atoms with Gasteiger partial charge in [-0.05, 0) is 24.6 Å². The average Bonchev–Trinajstić information content (AvgIpc) is 2.80. The van der Waals surface area contributed by atoms with Gasteiger partial charge in [0, 0.05) is 26.2 Å². The van der Waals surface area contributed by atoms with Gasteiger partial charge in [0.1, 0.15) is 0 Å². The number of aliphatic hydroxyl groups is 1. The molecule has 1 aromatic rings. The number of ether oxygens (including phenoxy) is 2. The van der Waals surface area contributed by atoms with Gasteiger partial charge in [-0.15, -0.1) is 0 Å². The number of benzene rings is 1. The number of nitrogens with one attached hydrogen (secondary N) is 2. The van der Waals surface area contributed by atoms with Gasteiger partial charge in [-0.2, -0.15) is 0 Å². The number of hydrogen-bond donors (Lipinski definition) is 3. The maximum absolute atomic E-state index is 9.07. The zero-order chi connectivity index (χ0) is 12.8. The molecule has 2 rings (SSSR count). The van der Waals surface area contributed by atoms with Crippen molar-refractivity contribution in [3.8, 4) is 11.5 Å². The van der Waals surface area contributed by atoms with Crippen LogP contribution in [0.1, 0.15) is 12.5 Å². The molecule has 0 saturated carbocycles. The first-order valence-electron chi connectivity index (χ1n) is 6.24. The summed E-state index contributed by atoms with van der Waals surface area (Å²) in [6, 6.07) is 5.97. The minimum Gasteiger partial charge on any atom is -0.454 e. The Morgan fingerprint density at radius 3 is 2.83 bits per heavy atom. The molecule has 18 heavy (non-hydrogen) atoms. The summed E-state index contributed by atoms with van der Waals surface area (Å²) in [5.74, 6) is 1.64. The topological polar surface area (TPSA) is 62.8 Å². The standard InChI is InChI=1S/C13H20N2O3/c1-10(16)7-14-4-5-15-8-11-2-3-12-13(6-11)18-9-17-12/h2-3,6,10,14-16H,4-5,7-9H2,1H3/t10-/m0/s1. The highest BCUT2D eigenvalue weighted by molar-refractivity contribution is 5.44. The molecule has 0 bridgehead atoms. The Kier molecular flexibility index (Phi) is 4.81. The van der Waals surface area contributed by atoms with Crippen LogP contribution in [-0.4, -0.2) is 37.6 Å². The molecule has 0 aromatic heterocycles. The van der Waals surface area contributed by atoms with Gasteiger partial charge in [0.25, 0.3) is 0 Å². The first-order chi connectivity index (χ1) is 8.75. The van der Waals surface area contributed by atoms with Gasteiger partial charge < -0.3 is 25.2 Å². The van der Waals surface area contributed by atoms with Crippen LogP contribution >= 0.6 is 0 Å². The van der Waals surface area contributed by atoms with Crippen molar-refractivity contribution in [1.82, 2.24) is 10.6 Å². The summed E-state index contributed by atoms with van der Waals surface area (Å²) in [6.07, 6.45) is -0.293. The number of hydrogen-bond acceptors (Lipinski definition) is 5. The SMILES string of the molecule is C[C@H](O)CNCCNCc1ccc2c(c1)OCO2. The summed E-state index contributed by atoms with van der Waals surface area (Å²) < 4.78 is 10.6. The van der Waals surface area contributed by atoms with E-state index in [1.165, 1.54) is 5.56 Å². The lowest BCUT2D eigenvalue weighted by molar-refractivity contribution is 0.174. The summed E-state index contributed by atoms with van der Waals surface area (Å²) in [4.78, 5) is 0. The fourth-order valence-electron chi connectivity index (χ4n) is 1.77. The molecule has 1 atom stereocenters. The summed E-state index contributed by atoms with van der Waals surface area (Å²) in [5.41, 5.74) is 1.18. The van der Waals surface area contributed by atoms with Crippen LogP contribution in [0.5, 0.6) is 11.5 Å². The van der Waals surface area contributed by atoms with E-state index in [4.69, 9.17) is 14.6 Å². The highest BCUT2D eigenvalue weighted by Gasteiger charge is 2.12. The first kappa shape index (κ1) is 13.1. The van der Waals surface area contributed by atoms with Crippen LogP contribution in [0.25, 0.3) is 0 Å². The van der Waals surface area contributed by atoms with Crippen molar-refractivity contribution in [2.45, 2.75) is 19.6 Å². The molecular weight excluding hydrogens is 232 g/mol. The van der Waals surface area contributed by atoms with Gasteiger partial charge in [0.15, 0.2) is 11.5 Å². The fourth-order valence-corrected chi connectivity index (χ4v) is 1.77. The van der Waals surface area contributed by atoms with Crippen molar-refractivity contribution >= 4 is 0 Å². The molecule has 1 heterocycles. The molecule has 5 nitrogen and oxygen atoms in total. The highest BCUT2D eigenvalue weighted by Crippen LogP contribution is 2.32. The molecule has 0 spiro atoms. The second kappa shape index (κ2) is 6.58. The van der Waals surface area contributed by atoms with Crippen molar-refractivity contribution < 1.29 is 14.6 Å². The first-order valence-corrected chi connectivity index (χ1v) is 6.24. The fraction of sp³-hybridized carbons (Fsp3) is 0.538. The summed E-state index contributed by atoms with van der Waals surface area (Å²) >= 11 is 0. The third kappa shape index (κ3) is 3.87. The lowest BCUT2D eigenvalue weighted by Crippen LogP contribution is -2.31. The molecule has 0 fully saturated rings. The molecule has 0 unspecified atom stereocenters. The molecule has 0 radical (unpaired) electrons. The Morgan fingerprint density at radius 1 is 1.22 bits per heavy atom. The molecule has 1 aromatic carbocycles. The predicted molar refractivity (Wildman–Crippen MR) is 68.8 cm³/mol. The molecule has 1 aliphatic heterocycles. The monoisotopic (exact) mass is 252 g/mol. The lowest BCUT2D eigenvalue weighted by atomic mass is 10.2. The Bertz CT molecular complexity index is 382. The minimum absolute atomic E-state index is 0.293. The van der Waals surface area contributed by atoms with E-state index in [9.17, 15) is 0 Å². The third-order valence-corrected chi connectivity index (χ3v) is 2.68. The van der Waals surface area contributed by atoms with Crippen LogP contribution in [0.2, 0.25) is 0 Å². The molecule has 1 aliphatic rings. The predicted octanol–water partition coefficient (Wildman–Crippen LogP) is 0.475. The van der Waals surface area contributed by atoms with Crippen molar-refractivity contribution in [3.63, 3.8) is 0 Å². The zero-order valence-corrected chi connectivity index (χ0v) is 10.6. The molecule has 5 heteroatoms. The van der Waals surface area contributed by atoms with E-state index in [1.807, 2.05) is 18.2 Å². The Balaban J connectivity index is 1.65. The summed E-state index contributed by atoms with van der Waals surface area (Å²) in [7, 11) is 0. The van der Waals surface area contributed by atoms with Crippen LogP contribution < -0.4 is 20.1 Å². The van der Waals surface area contributed by atoms with Gasteiger partial charge in [-0.3, -0.25) is 0 Å². The van der Waals surface area contributed by atoms with Gasteiger partial charge in [-0.1, -0.05) is 6.07 Å². The van der Waals surface area contributed by atoms with Gasteiger partial charge in [0.05, 0.1) is 6.10 Å². The second-order valence-electron chi connectivity index (χ2n) is 4.42. The van der Waals surface area contributed by atoms with Crippen molar-refractivity contribution in [1.29, 1.82) is 0 Å². The van der Waals surface area contributed by atoms with Gasteiger partial charge in [-0.25, -0.2) is 0 Å². The quantitative estimate of drug-likeness (QED) is 0.616. The van der Waals surface area contributed by atoms with Crippen LogP contribution in [0, 0.1) is 0 Å². The summed E-state index contributed by atoms with van der Waals surface area (Å²) in [5, 5.41) is 15.5. The van der Waals surface area contributed by atoms with Gasteiger partial charge in [0.2, 0.25) is 6.79 Å². The van der Waals surface area contributed by atoms with Crippen LogP contribution in [0.3, 0.4) is 0 Å². The average molecular weight is 252 g/mol. The lowest BCUT2D eigenvalue weighted by Gasteiger charge is -2.08. The minimum atomic E-state index is -0.293. The van der Waals surface area contributed by atoms with E-state index in [1.54, 1.807) is 6.92 Å². The Labute approximate surface area is 107 Å². The maximum atomic E-state index is 9.07. The second-order valence-corrected chi connectivity index (χ2v) is 4.42. The normalized spacial score (nSPS) is 14.8. The van der Waals surface area contributed by atoms with Gasteiger partial charge >= 0.3 is 0 Å². The molecule has 0 aliphatic carbocycles. The Morgan fingerprint density at radius 2 is 2.00 bits per heavy atom. The maximum Gasteiger partial charge on any atom is 0.231 e. The van der Waals surface area contributed by atoms with Crippen LogP contribution in [0.15, 0.2) is 18.2 Å². The highest BCUT2D eigenvalue weighted by atomic mass is 16.7. The van der Waals surface area contributed by atoms with Crippen molar-refractivity contribution in [2.75, 3.05) is 26.4 Å². The number of rotatable bonds is 7. The zero-order valence-electron chi connectivity index (χ0n) is 10.6. The number of fused-ring (bicyclic) bond motifs is 1. The molecule has 0 saturated heterocycles.